The Bertz CT molecular complexity index is 395. The first kappa shape index (κ1) is 23.5. The Hall–Kier alpha value is -2.52. The van der Waals surface area contributed by atoms with E-state index in [2.05, 4.69) is 28.4 Å². The minimum Gasteiger partial charge on any atom is -0.438 e. The molecule has 0 saturated carbocycles. The highest BCUT2D eigenvalue weighted by Crippen LogP contribution is 2.09. The van der Waals surface area contributed by atoms with Crippen molar-refractivity contribution in [2.24, 2.45) is 0 Å². The van der Waals surface area contributed by atoms with Crippen LogP contribution >= 0.6 is 0 Å². The van der Waals surface area contributed by atoms with Crippen molar-refractivity contribution >= 4 is 24.2 Å². The number of ether oxygens (including phenoxy) is 6. The molecule has 0 aliphatic carbocycles. The largest absolute Gasteiger partial charge is 0.510 e. The lowest BCUT2D eigenvalue weighted by Crippen LogP contribution is -2.12. The Labute approximate surface area is 152 Å². The van der Waals surface area contributed by atoms with Gasteiger partial charge in [-0.3, -0.25) is 9.59 Å². The molecule has 0 fully saturated rings. The summed E-state index contributed by atoms with van der Waals surface area (Å²) in [6.45, 7) is -0.904. The summed E-state index contributed by atoms with van der Waals surface area (Å²) < 4.78 is 26.7. The fourth-order valence-electron chi connectivity index (χ4n) is 1.79. The molecule has 0 N–H and O–H groups in total. The Kier molecular flexibility index (Phi) is 14.4. The maximum atomic E-state index is 11.3. The average molecular weight is 378 g/mol. The van der Waals surface area contributed by atoms with Crippen LogP contribution < -0.4 is 0 Å². The molecule has 0 saturated heterocycles. The average Bonchev–Trinajstić information content (AvgIpc) is 2.63. The molecule has 0 bridgehead atoms. The first-order valence-electron chi connectivity index (χ1n) is 8.22. The molecule has 0 aliphatic rings. The Morgan fingerprint density at radius 1 is 0.538 bits per heavy atom. The standard InChI is InChI=1S/C16H26O10/c1-21-15(19)25-11-23-13(17)9-7-5-3-4-6-8-10-14(18)24-12-26-16(20)22-2/h3-12H2,1-2H3. The fourth-order valence-corrected chi connectivity index (χ4v) is 1.79. The number of methoxy groups -OCH3 is 2. The van der Waals surface area contributed by atoms with Crippen LogP contribution in [-0.2, 0) is 38.0 Å². The molecule has 0 unspecified atom stereocenters. The number of hydrogen-bond donors (Lipinski definition) is 0. The van der Waals surface area contributed by atoms with Crippen molar-refractivity contribution in [2.45, 2.75) is 51.4 Å². The van der Waals surface area contributed by atoms with Crippen molar-refractivity contribution in [2.75, 3.05) is 27.8 Å². The van der Waals surface area contributed by atoms with Gasteiger partial charge in [-0.1, -0.05) is 25.7 Å². The summed E-state index contributed by atoms with van der Waals surface area (Å²) in [6.07, 6.45) is 3.57. The van der Waals surface area contributed by atoms with E-state index in [4.69, 9.17) is 0 Å². The van der Waals surface area contributed by atoms with E-state index >= 15 is 0 Å². The SMILES string of the molecule is COC(=O)OCOC(=O)CCCCCCCCC(=O)OCOC(=O)OC. The number of carbonyl (C=O) groups is 4. The summed E-state index contributed by atoms with van der Waals surface area (Å²) in [5.74, 6) is -0.878. The second kappa shape index (κ2) is 16.0. The van der Waals surface area contributed by atoms with Crippen molar-refractivity contribution in [1.29, 1.82) is 0 Å². The number of unbranched alkanes of at least 4 members (excludes halogenated alkanes) is 5. The molecule has 0 spiro atoms. The van der Waals surface area contributed by atoms with Crippen molar-refractivity contribution in [3.63, 3.8) is 0 Å². The summed E-state index contributed by atoms with van der Waals surface area (Å²) >= 11 is 0. The summed E-state index contributed by atoms with van der Waals surface area (Å²) in [7, 11) is 2.32. The third-order valence-electron chi connectivity index (χ3n) is 3.14. The molecule has 10 heteroatoms. The summed E-state index contributed by atoms with van der Waals surface area (Å²) in [5, 5.41) is 0. The van der Waals surface area contributed by atoms with Gasteiger partial charge in [-0.15, -0.1) is 0 Å². The molecule has 0 aromatic heterocycles. The molecule has 0 aliphatic heterocycles. The molecule has 26 heavy (non-hydrogen) atoms. The number of carbonyl (C=O) groups excluding carboxylic acids is 4. The van der Waals surface area contributed by atoms with Gasteiger partial charge in [0.05, 0.1) is 14.2 Å². The van der Waals surface area contributed by atoms with Gasteiger partial charge in [0.25, 0.3) is 0 Å². The maximum absolute atomic E-state index is 11.3. The first-order valence-corrected chi connectivity index (χ1v) is 8.22. The van der Waals surface area contributed by atoms with Gasteiger partial charge in [0.2, 0.25) is 13.6 Å². The van der Waals surface area contributed by atoms with E-state index in [1.54, 1.807) is 0 Å². The van der Waals surface area contributed by atoms with Crippen molar-refractivity contribution in [3.05, 3.63) is 0 Å². The molecule has 10 nitrogen and oxygen atoms in total. The molecule has 0 heterocycles. The molecule has 0 atom stereocenters. The van der Waals surface area contributed by atoms with Crippen LogP contribution in [0.4, 0.5) is 9.59 Å². The van der Waals surface area contributed by atoms with Gasteiger partial charge < -0.3 is 28.4 Å². The van der Waals surface area contributed by atoms with E-state index < -0.39 is 37.8 Å². The second-order valence-corrected chi connectivity index (χ2v) is 5.09. The van der Waals surface area contributed by atoms with Crippen molar-refractivity contribution in [1.82, 2.24) is 0 Å². The van der Waals surface area contributed by atoms with Gasteiger partial charge in [-0.2, -0.15) is 0 Å². The Morgan fingerprint density at radius 2 is 0.885 bits per heavy atom. The summed E-state index contributed by atoms with van der Waals surface area (Å²) in [4.78, 5) is 43.9. The van der Waals surface area contributed by atoms with Gasteiger partial charge in [-0.05, 0) is 12.8 Å². The van der Waals surface area contributed by atoms with Gasteiger partial charge in [0.15, 0.2) is 0 Å². The van der Waals surface area contributed by atoms with E-state index in [0.717, 1.165) is 39.9 Å². The maximum Gasteiger partial charge on any atom is 0.510 e. The molecule has 0 radical (unpaired) electrons. The highest BCUT2D eigenvalue weighted by molar-refractivity contribution is 5.69. The lowest BCUT2D eigenvalue weighted by atomic mass is 10.1. The predicted octanol–water partition coefficient (Wildman–Crippen LogP) is 2.67. The zero-order valence-corrected chi connectivity index (χ0v) is 15.2. The van der Waals surface area contributed by atoms with E-state index in [9.17, 15) is 19.2 Å². The minimum atomic E-state index is -0.905. The number of rotatable bonds is 13. The number of esters is 2. The molecular weight excluding hydrogens is 352 g/mol. The van der Waals surface area contributed by atoms with Crippen LogP contribution in [0.2, 0.25) is 0 Å². The molecule has 150 valence electrons. The van der Waals surface area contributed by atoms with Gasteiger partial charge in [0.1, 0.15) is 0 Å². The molecular formula is C16H26O10. The van der Waals surface area contributed by atoms with Crippen LogP contribution in [0, 0.1) is 0 Å². The van der Waals surface area contributed by atoms with E-state index in [1.165, 1.54) is 0 Å². The zero-order valence-electron chi connectivity index (χ0n) is 15.2. The quantitative estimate of drug-likeness (QED) is 0.204. The topological polar surface area (TPSA) is 124 Å². The van der Waals surface area contributed by atoms with Gasteiger partial charge >= 0.3 is 24.2 Å². The molecule has 0 amide bonds. The Balaban J connectivity index is 3.37. The third kappa shape index (κ3) is 15.0. The van der Waals surface area contributed by atoms with Crippen LogP contribution in [0.15, 0.2) is 0 Å². The Morgan fingerprint density at radius 3 is 1.23 bits per heavy atom. The van der Waals surface area contributed by atoms with Crippen LogP contribution in [0.5, 0.6) is 0 Å². The third-order valence-corrected chi connectivity index (χ3v) is 3.14. The van der Waals surface area contributed by atoms with Gasteiger partial charge in [-0.25, -0.2) is 9.59 Å². The van der Waals surface area contributed by atoms with Crippen LogP contribution in [-0.4, -0.2) is 52.1 Å². The van der Waals surface area contributed by atoms with Gasteiger partial charge in [0, 0.05) is 12.8 Å². The van der Waals surface area contributed by atoms with Crippen molar-refractivity contribution in [3.8, 4) is 0 Å². The molecule has 0 aromatic carbocycles. The van der Waals surface area contributed by atoms with E-state index in [1.807, 2.05) is 0 Å². The highest BCUT2D eigenvalue weighted by Gasteiger charge is 2.07. The highest BCUT2D eigenvalue weighted by atomic mass is 16.8. The normalized spacial score (nSPS) is 9.77. The van der Waals surface area contributed by atoms with Crippen LogP contribution in [0.1, 0.15) is 51.4 Å². The summed E-state index contributed by atoms with van der Waals surface area (Å²) in [6, 6.07) is 0. The van der Waals surface area contributed by atoms with Crippen LogP contribution in [0.25, 0.3) is 0 Å². The second-order valence-electron chi connectivity index (χ2n) is 5.09. The lowest BCUT2D eigenvalue weighted by molar-refractivity contribution is -0.154. The fraction of sp³-hybridized carbons (Fsp3) is 0.750. The number of hydrogen-bond acceptors (Lipinski definition) is 10. The minimum absolute atomic E-state index is 0.247. The molecule has 0 aromatic rings. The van der Waals surface area contributed by atoms with E-state index in [0.29, 0.717) is 12.8 Å². The monoisotopic (exact) mass is 378 g/mol. The van der Waals surface area contributed by atoms with E-state index in [-0.39, 0.29) is 12.8 Å². The lowest BCUT2D eigenvalue weighted by Gasteiger charge is -2.06. The van der Waals surface area contributed by atoms with Crippen molar-refractivity contribution < 1.29 is 47.6 Å². The first-order chi connectivity index (χ1) is 12.5. The summed E-state index contributed by atoms with van der Waals surface area (Å²) in [5.41, 5.74) is 0. The van der Waals surface area contributed by atoms with Crippen LogP contribution in [0.3, 0.4) is 0 Å². The predicted molar refractivity (Wildman–Crippen MR) is 85.8 cm³/mol. The smallest absolute Gasteiger partial charge is 0.438 e. The zero-order chi connectivity index (χ0) is 19.6. The molecule has 0 rings (SSSR count).